The quantitative estimate of drug-likeness (QED) is 0.852. The largest absolute Gasteiger partial charge is 0.344 e. The summed E-state index contributed by atoms with van der Waals surface area (Å²) in [6, 6.07) is -0.358. The molecule has 1 atom stereocenters. The van der Waals surface area contributed by atoms with Crippen LogP contribution in [0.25, 0.3) is 0 Å². The fourth-order valence-electron chi connectivity index (χ4n) is 2.47. The number of amides is 2. The van der Waals surface area contributed by atoms with Gasteiger partial charge in [0.15, 0.2) is 0 Å². The van der Waals surface area contributed by atoms with Gasteiger partial charge in [0.1, 0.15) is 6.04 Å². The van der Waals surface area contributed by atoms with Crippen molar-refractivity contribution in [3.05, 3.63) is 18.0 Å². The summed E-state index contributed by atoms with van der Waals surface area (Å²) >= 11 is 0. The van der Waals surface area contributed by atoms with Gasteiger partial charge in [-0.3, -0.25) is 14.3 Å². The van der Waals surface area contributed by atoms with Crippen molar-refractivity contribution in [1.29, 1.82) is 0 Å². The minimum Gasteiger partial charge on any atom is -0.344 e. The standard InChI is InChI=1S/C14H22N4O2/c1-3-4-12-14(20)18(8-6-13(19)16-12)7-5-11-9-15-17(2)10-11/h9-10,12H,3-8H2,1-2H3,(H,16,19). The van der Waals surface area contributed by atoms with E-state index in [0.717, 1.165) is 18.4 Å². The molecular weight excluding hydrogens is 256 g/mol. The van der Waals surface area contributed by atoms with E-state index in [1.807, 2.05) is 26.4 Å². The van der Waals surface area contributed by atoms with Crippen molar-refractivity contribution >= 4 is 11.8 Å². The number of hydrogen-bond acceptors (Lipinski definition) is 3. The zero-order valence-corrected chi connectivity index (χ0v) is 12.1. The number of aryl methyl sites for hydroxylation is 1. The van der Waals surface area contributed by atoms with Gasteiger partial charge in [-0.05, 0) is 18.4 Å². The van der Waals surface area contributed by atoms with Crippen LogP contribution in [0.4, 0.5) is 0 Å². The van der Waals surface area contributed by atoms with Crippen LogP contribution in [0.15, 0.2) is 12.4 Å². The second kappa shape index (κ2) is 6.54. The highest BCUT2D eigenvalue weighted by atomic mass is 16.2. The highest BCUT2D eigenvalue weighted by molar-refractivity contribution is 5.89. The Morgan fingerprint density at radius 1 is 1.45 bits per heavy atom. The van der Waals surface area contributed by atoms with E-state index in [2.05, 4.69) is 10.4 Å². The zero-order valence-electron chi connectivity index (χ0n) is 12.1. The molecule has 0 radical (unpaired) electrons. The lowest BCUT2D eigenvalue weighted by molar-refractivity contribution is -0.133. The molecule has 2 heterocycles. The summed E-state index contributed by atoms with van der Waals surface area (Å²) in [7, 11) is 1.88. The minimum atomic E-state index is -0.358. The number of carbonyl (C=O) groups excluding carboxylic acids is 2. The van der Waals surface area contributed by atoms with E-state index in [1.54, 1.807) is 9.58 Å². The summed E-state index contributed by atoms with van der Waals surface area (Å²) in [6.07, 6.45) is 6.51. The SMILES string of the molecule is CCCC1NC(=O)CCN(CCc2cnn(C)c2)C1=O. The third-order valence-corrected chi connectivity index (χ3v) is 3.56. The summed E-state index contributed by atoms with van der Waals surface area (Å²) in [5.74, 6) is 0.0160. The third kappa shape index (κ3) is 3.59. The molecule has 6 nitrogen and oxygen atoms in total. The molecule has 0 aromatic carbocycles. The molecule has 1 aromatic heterocycles. The van der Waals surface area contributed by atoms with Gasteiger partial charge >= 0.3 is 0 Å². The van der Waals surface area contributed by atoms with E-state index in [1.165, 1.54) is 0 Å². The maximum atomic E-state index is 12.4. The van der Waals surface area contributed by atoms with Gasteiger partial charge in [-0.2, -0.15) is 5.10 Å². The molecule has 1 aliphatic heterocycles. The molecule has 2 amide bonds. The Balaban J connectivity index is 1.97. The minimum absolute atomic E-state index is 0.0272. The Morgan fingerprint density at radius 2 is 2.25 bits per heavy atom. The monoisotopic (exact) mass is 278 g/mol. The summed E-state index contributed by atoms with van der Waals surface area (Å²) < 4.78 is 1.75. The molecule has 20 heavy (non-hydrogen) atoms. The summed E-state index contributed by atoms with van der Waals surface area (Å²) in [5.41, 5.74) is 1.11. The van der Waals surface area contributed by atoms with Crippen LogP contribution in [0.5, 0.6) is 0 Å². The van der Waals surface area contributed by atoms with Crippen molar-refractivity contribution in [1.82, 2.24) is 20.0 Å². The van der Waals surface area contributed by atoms with Crippen LogP contribution < -0.4 is 5.32 Å². The lowest BCUT2D eigenvalue weighted by atomic mass is 10.1. The highest BCUT2D eigenvalue weighted by Gasteiger charge is 2.28. The van der Waals surface area contributed by atoms with Gasteiger partial charge in [-0.1, -0.05) is 13.3 Å². The van der Waals surface area contributed by atoms with Gasteiger partial charge in [0.25, 0.3) is 0 Å². The average Bonchev–Trinajstić information content (AvgIpc) is 2.77. The number of aromatic nitrogens is 2. The van der Waals surface area contributed by atoms with Crippen molar-refractivity contribution in [3.8, 4) is 0 Å². The Bertz CT molecular complexity index is 483. The van der Waals surface area contributed by atoms with Gasteiger partial charge in [0, 0.05) is 32.8 Å². The second-order valence-corrected chi connectivity index (χ2v) is 5.26. The van der Waals surface area contributed by atoms with Crippen molar-refractivity contribution in [3.63, 3.8) is 0 Å². The summed E-state index contributed by atoms with van der Waals surface area (Å²) in [4.78, 5) is 25.8. The first-order valence-electron chi connectivity index (χ1n) is 7.16. The molecule has 1 unspecified atom stereocenters. The van der Waals surface area contributed by atoms with Crippen LogP contribution in [0.2, 0.25) is 0 Å². The normalized spacial score (nSPS) is 19.9. The number of nitrogens with one attached hydrogen (secondary N) is 1. The first kappa shape index (κ1) is 14.6. The van der Waals surface area contributed by atoms with Crippen LogP contribution in [-0.4, -0.2) is 45.6 Å². The van der Waals surface area contributed by atoms with Crippen LogP contribution >= 0.6 is 0 Å². The maximum Gasteiger partial charge on any atom is 0.245 e. The predicted octanol–water partition coefficient (Wildman–Crippen LogP) is 0.480. The molecule has 1 aliphatic rings. The molecule has 1 saturated heterocycles. The van der Waals surface area contributed by atoms with E-state index in [0.29, 0.717) is 25.9 Å². The molecule has 0 aliphatic carbocycles. The number of nitrogens with zero attached hydrogens (tertiary/aromatic N) is 3. The Hall–Kier alpha value is -1.85. The second-order valence-electron chi connectivity index (χ2n) is 5.26. The molecule has 1 aromatic rings. The lowest BCUT2D eigenvalue weighted by Gasteiger charge is -2.23. The van der Waals surface area contributed by atoms with Gasteiger partial charge in [0.2, 0.25) is 11.8 Å². The molecular formula is C14H22N4O2. The van der Waals surface area contributed by atoms with Crippen molar-refractivity contribution in [2.75, 3.05) is 13.1 Å². The third-order valence-electron chi connectivity index (χ3n) is 3.56. The fourth-order valence-corrected chi connectivity index (χ4v) is 2.47. The fraction of sp³-hybridized carbons (Fsp3) is 0.643. The lowest BCUT2D eigenvalue weighted by Crippen LogP contribution is -2.45. The van der Waals surface area contributed by atoms with E-state index in [4.69, 9.17) is 0 Å². The molecule has 0 bridgehead atoms. The van der Waals surface area contributed by atoms with Crippen molar-refractivity contribution in [2.24, 2.45) is 7.05 Å². The maximum absolute atomic E-state index is 12.4. The Morgan fingerprint density at radius 3 is 2.90 bits per heavy atom. The van der Waals surface area contributed by atoms with E-state index >= 15 is 0 Å². The molecule has 1 fully saturated rings. The molecule has 2 rings (SSSR count). The topological polar surface area (TPSA) is 67.2 Å². The van der Waals surface area contributed by atoms with Crippen LogP contribution in [0, 0.1) is 0 Å². The summed E-state index contributed by atoms with van der Waals surface area (Å²) in [5, 5.41) is 6.94. The van der Waals surface area contributed by atoms with Crippen LogP contribution in [-0.2, 0) is 23.1 Å². The number of rotatable bonds is 5. The molecule has 1 N–H and O–H groups in total. The van der Waals surface area contributed by atoms with Crippen LogP contribution in [0.1, 0.15) is 31.7 Å². The van der Waals surface area contributed by atoms with Gasteiger partial charge in [-0.15, -0.1) is 0 Å². The Kier molecular flexibility index (Phi) is 4.76. The van der Waals surface area contributed by atoms with E-state index in [-0.39, 0.29) is 17.9 Å². The molecule has 0 saturated carbocycles. The van der Waals surface area contributed by atoms with Crippen LogP contribution in [0.3, 0.4) is 0 Å². The van der Waals surface area contributed by atoms with E-state index in [9.17, 15) is 9.59 Å². The number of carbonyl (C=O) groups is 2. The van der Waals surface area contributed by atoms with E-state index < -0.39 is 0 Å². The van der Waals surface area contributed by atoms with Gasteiger partial charge in [-0.25, -0.2) is 0 Å². The molecule has 6 heteroatoms. The first-order chi connectivity index (χ1) is 9.60. The number of hydrogen-bond donors (Lipinski definition) is 1. The van der Waals surface area contributed by atoms with Gasteiger partial charge in [0.05, 0.1) is 6.20 Å². The Labute approximate surface area is 119 Å². The molecule has 0 spiro atoms. The first-order valence-corrected chi connectivity index (χ1v) is 7.16. The summed E-state index contributed by atoms with van der Waals surface area (Å²) in [6.45, 7) is 3.16. The smallest absolute Gasteiger partial charge is 0.245 e. The van der Waals surface area contributed by atoms with Crippen molar-refractivity contribution in [2.45, 2.75) is 38.6 Å². The predicted molar refractivity (Wildman–Crippen MR) is 74.9 cm³/mol. The average molecular weight is 278 g/mol. The molecule has 110 valence electrons. The highest BCUT2D eigenvalue weighted by Crippen LogP contribution is 2.10. The van der Waals surface area contributed by atoms with Gasteiger partial charge < -0.3 is 10.2 Å². The zero-order chi connectivity index (χ0) is 14.5. The van der Waals surface area contributed by atoms with Crippen molar-refractivity contribution < 1.29 is 9.59 Å².